The van der Waals surface area contributed by atoms with Crippen molar-refractivity contribution < 1.29 is 9.53 Å². The fourth-order valence-electron chi connectivity index (χ4n) is 4.18. The number of hydrogen-bond donors (Lipinski definition) is 0. The van der Waals surface area contributed by atoms with Gasteiger partial charge >= 0.3 is 6.09 Å². The minimum Gasteiger partial charge on any atom is -0.444 e. The zero-order valence-electron chi connectivity index (χ0n) is 21.7. The summed E-state index contributed by atoms with van der Waals surface area (Å²) in [6.45, 7) is 10.3. The molecule has 0 atom stereocenters. The third kappa shape index (κ3) is 6.71. The second-order valence-corrected chi connectivity index (χ2v) is 10.0. The van der Waals surface area contributed by atoms with E-state index in [9.17, 15) is 4.79 Å². The molecule has 192 valence electrons. The van der Waals surface area contributed by atoms with Gasteiger partial charge in [-0.3, -0.25) is 9.55 Å². The van der Waals surface area contributed by atoms with Crippen LogP contribution in [-0.2, 0) is 17.7 Å². The number of carbonyl (C=O) groups is 1. The number of amides is 1. The molecule has 0 bridgehead atoms. The van der Waals surface area contributed by atoms with E-state index in [1.807, 2.05) is 57.3 Å². The molecule has 36 heavy (non-hydrogen) atoms. The highest BCUT2D eigenvalue weighted by Crippen LogP contribution is 2.21. The molecule has 10 nitrogen and oxygen atoms in total. The predicted octanol–water partition coefficient (Wildman–Crippen LogP) is 3.24. The maximum absolute atomic E-state index is 12.4. The molecule has 0 radical (unpaired) electrons. The lowest BCUT2D eigenvalue weighted by Gasteiger charge is -2.36. The van der Waals surface area contributed by atoms with Crippen molar-refractivity contribution in [2.75, 3.05) is 49.6 Å². The van der Waals surface area contributed by atoms with Gasteiger partial charge in [0.15, 0.2) is 0 Å². The van der Waals surface area contributed by atoms with Gasteiger partial charge in [0.1, 0.15) is 17.2 Å². The lowest BCUT2D eigenvalue weighted by molar-refractivity contribution is 0.0295. The molecule has 1 aliphatic rings. The molecule has 3 aromatic heterocycles. The van der Waals surface area contributed by atoms with Gasteiger partial charge in [0.2, 0.25) is 5.95 Å². The van der Waals surface area contributed by atoms with E-state index in [0.29, 0.717) is 19.5 Å². The van der Waals surface area contributed by atoms with Crippen molar-refractivity contribution >= 4 is 17.9 Å². The van der Waals surface area contributed by atoms with Crippen molar-refractivity contribution in [2.45, 2.75) is 45.8 Å². The summed E-state index contributed by atoms with van der Waals surface area (Å²) < 4.78 is 7.68. The van der Waals surface area contributed by atoms with E-state index in [-0.39, 0.29) is 6.09 Å². The van der Waals surface area contributed by atoms with Gasteiger partial charge in [0, 0.05) is 71.3 Å². The summed E-state index contributed by atoms with van der Waals surface area (Å²) in [5.41, 5.74) is 0.623. The SMILES string of the molecule is CN(CCCn1c(Cc2ccncc2)nnc1N1CCN(c2ccccn2)CC1)C(=O)OC(C)(C)C. The summed E-state index contributed by atoms with van der Waals surface area (Å²) in [5, 5.41) is 9.16. The smallest absolute Gasteiger partial charge is 0.410 e. The van der Waals surface area contributed by atoms with E-state index in [2.05, 4.69) is 34.5 Å². The van der Waals surface area contributed by atoms with Gasteiger partial charge in [-0.15, -0.1) is 10.2 Å². The Morgan fingerprint density at radius 3 is 2.39 bits per heavy atom. The highest BCUT2D eigenvalue weighted by atomic mass is 16.6. The molecule has 0 N–H and O–H groups in total. The molecule has 1 fully saturated rings. The molecule has 1 saturated heterocycles. The number of aromatic nitrogens is 5. The number of hydrogen-bond acceptors (Lipinski definition) is 8. The van der Waals surface area contributed by atoms with Crippen LogP contribution in [0.15, 0.2) is 48.9 Å². The highest BCUT2D eigenvalue weighted by molar-refractivity contribution is 5.67. The molecule has 3 aromatic rings. The number of ether oxygens (including phenoxy) is 1. The number of rotatable bonds is 8. The third-order valence-electron chi connectivity index (χ3n) is 6.04. The van der Waals surface area contributed by atoms with Gasteiger partial charge in [-0.25, -0.2) is 9.78 Å². The Kier molecular flexibility index (Phi) is 8.02. The van der Waals surface area contributed by atoms with Crippen molar-refractivity contribution in [3.8, 4) is 0 Å². The van der Waals surface area contributed by atoms with Crippen LogP contribution < -0.4 is 9.80 Å². The highest BCUT2D eigenvalue weighted by Gasteiger charge is 2.24. The van der Waals surface area contributed by atoms with Crippen LogP contribution in [0.1, 0.15) is 38.6 Å². The molecule has 0 saturated carbocycles. The van der Waals surface area contributed by atoms with Crippen LogP contribution in [0.25, 0.3) is 0 Å². The Hall–Kier alpha value is -3.69. The molecule has 0 aromatic carbocycles. The van der Waals surface area contributed by atoms with Crippen LogP contribution in [0.4, 0.5) is 16.6 Å². The lowest BCUT2D eigenvalue weighted by atomic mass is 10.2. The predicted molar refractivity (Wildman–Crippen MR) is 139 cm³/mol. The van der Waals surface area contributed by atoms with Crippen molar-refractivity contribution in [3.63, 3.8) is 0 Å². The third-order valence-corrected chi connectivity index (χ3v) is 6.04. The van der Waals surface area contributed by atoms with E-state index < -0.39 is 5.60 Å². The quantitative estimate of drug-likeness (QED) is 0.473. The molecule has 4 rings (SSSR count). The minimum atomic E-state index is -0.512. The van der Waals surface area contributed by atoms with Crippen molar-refractivity contribution in [3.05, 3.63) is 60.3 Å². The average Bonchev–Trinajstić information content (AvgIpc) is 3.26. The summed E-state index contributed by atoms with van der Waals surface area (Å²) in [6.07, 6.45) is 6.54. The molecule has 4 heterocycles. The Balaban J connectivity index is 1.45. The monoisotopic (exact) mass is 492 g/mol. The van der Waals surface area contributed by atoms with Crippen LogP contribution in [0, 0.1) is 0 Å². The van der Waals surface area contributed by atoms with Crippen LogP contribution in [0.3, 0.4) is 0 Å². The van der Waals surface area contributed by atoms with Crippen LogP contribution in [0.5, 0.6) is 0 Å². The van der Waals surface area contributed by atoms with E-state index >= 15 is 0 Å². The maximum atomic E-state index is 12.4. The Morgan fingerprint density at radius 1 is 1.00 bits per heavy atom. The van der Waals surface area contributed by atoms with E-state index in [1.165, 1.54) is 0 Å². The van der Waals surface area contributed by atoms with Crippen LogP contribution in [0.2, 0.25) is 0 Å². The summed E-state index contributed by atoms with van der Waals surface area (Å²) in [7, 11) is 1.77. The number of piperazine rings is 1. The molecule has 1 aliphatic heterocycles. The van der Waals surface area contributed by atoms with E-state index in [0.717, 1.165) is 55.8 Å². The van der Waals surface area contributed by atoms with E-state index in [1.54, 1.807) is 24.3 Å². The zero-order chi connectivity index (χ0) is 25.5. The standard InChI is InChI=1S/C26H36N8O2/c1-26(2,3)36-25(35)31(4)14-7-15-34-23(20-21-9-12-27-13-10-21)29-30-24(34)33-18-16-32(17-19-33)22-8-5-6-11-28-22/h5-6,8-13H,7,14-20H2,1-4H3. The van der Waals surface area contributed by atoms with Gasteiger partial charge in [0.25, 0.3) is 0 Å². The van der Waals surface area contributed by atoms with Crippen molar-refractivity contribution in [1.82, 2.24) is 29.6 Å². The van der Waals surface area contributed by atoms with Crippen molar-refractivity contribution in [1.29, 1.82) is 0 Å². The van der Waals surface area contributed by atoms with Gasteiger partial charge in [-0.05, 0) is 57.0 Å². The Labute approximate surface area is 212 Å². The minimum absolute atomic E-state index is 0.311. The summed E-state index contributed by atoms with van der Waals surface area (Å²) in [4.78, 5) is 27.2. The van der Waals surface area contributed by atoms with Crippen LogP contribution in [-0.4, -0.2) is 81.1 Å². The summed E-state index contributed by atoms with van der Waals surface area (Å²) in [5.74, 6) is 2.78. The molecular weight excluding hydrogens is 456 g/mol. The molecule has 1 amide bonds. The fourth-order valence-corrected chi connectivity index (χ4v) is 4.18. The molecule has 0 aliphatic carbocycles. The van der Waals surface area contributed by atoms with Crippen LogP contribution >= 0.6 is 0 Å². The number of pyridine rings is 2. The lowest BCUT2D eigenvalue weighted by Crippen LogP contribution is -2.47. The first-order valence-electron chi connectivity index (χ1n) is 12.5. The maximum Gasteiger partial charge on any atom is 0.410 e. The summed E-state index contributed by atoms with van der Waals surface area (Å²) >= 11 is 0. The first kappa shape index (κ1) is 25.4. The number of nitrogens with zero attached hydrogens (tertiary/aromatic N) is 8. The molecule has 0 spiro atoms. The van der Waals surface area contributed by atoms with Gasteiger partial charge in [-0.2, -0.15) is 0 Å². The first-order chi connectivity index (χ1) is 17.3. The number of anilines is 2. The van der Waals surface area contributed by atoms with Gasteiger partial charge < -0.3 is 19.4 Å². The van der Waals surface area contributed by atoms with Gasteiger partial charge in [0.05, 0.1) is 0 Å². The number of carbonyl (C=O) groups excluding carboxylic acids is 1. The Bertz CT molecular complexity index is 1110. The second kappa shape index (κ2) is 11.4. The fraction of sp³-hybridized carbons (Fsp3) is 0.500. The van der Waals surface area contributed by atoms with Gasteiger partial charge in [-0.1, -0.05) is 6.07 Å². The summed E-state index contributed by atoms with van der Waals surface area (Å²) in [6, 6.07) is 10.0. The molecule has 10 heteroatoms. The topological polar surface area (TPSA) is 92.5 Å². The largest absolute Gasteiger partial charge is 0.444 e. The zero-order valence-corrected chi connectivity index (χ0v) is 21.7. The normalized spacial score (nSPS) is 14.1. The molecular formula is C26H36N8O2. The Morgan fingerprint density at radius 2 is 1.72 bits per heavy atom. The molecule has 0 unspecified atom stereocenters. The average molecular weight is 493 g/mol. The first-order valence-corrected chi connectivity index (χ1v) is 12.5. The van der Waals surface area contributed by atoms with E-state index in [4.69, 9.17) is 4.74 Å². The second-order valence-electron chi connectivity index (χ2n) is 10.0. The van der Waals surface area contributed by atoms with Crippen molar-refractivity contribution in [2.24, 2.45) is 0 Å².